The number of nitrogens with zero attached hydrogens (tertiary/aromatic N) is 1. The van der Waals surface area contributed by atoms with Crippen LogP contribution in [-0.2, 0) is 9.53 Å². The highest BCUT2D eigenvalue weighted by molar-refractivity contribution is 7.10. The van der Waals surface area contributed by atoms with Crippen molar-refractivity contribution in [2.45, 2.75) is 0 Å². The van der Waals surface area contributed by atoms with E-state index in [2.05, 4.69) is 4.99 Å². The number of carbonyl (C=O) groups is 1. The molecule has 3 rings (SSSR count). The lowest BCUT2D eigenvalue weighted by atomic mass is 10.2. The number of hydrogen-bond donors (Lipinski definition) is 0. The van der Waals surface area contributed by atoms with Crippen molar-refractivity contribution in [3.63, 3.8) is 0 Å². The van der Waals surface area contributed by atoms with Crippen LogP contribution in [0.1, 0.15) is 10.4 Å². The molecule has 0 saturated heterocycles. The Balaban J connectivity index is 1.95. The van der Waals surface area contributed by atoms with Crippen molar-refractivity contribution >= 4 is 29.3 Å². The fourth-order valence-electron chi connectivity index (χ4n) is 1.62. The van der Waals surface area contributed by atoms with Gasteiger partial charge >= 0.3 is 5.97 Å². The number of cyclic esters (lactones) is 1. The summed E-state index contributed by atoms with van der Waals surface area (Å²) >= 11 is 1.56. The van der Waals surface area contributed by atoms with Gasteiger partial charge in [-0.3, -0.25) is 0 Å². The van der Waals surface area contributed by atoms with E-state index in [1.54, 1.807) is 17.4 Å². The van der Waals surface area contributed by atoms with Gasteiger partial charge in [-0.1, -0.05) is 24.3 Å². The summed E-state index contributed by atoms with van der Waals surface area (Å²) in [6.07, 6.45) is 1.74. The normalized spacial score (nSPS) is 16.8. The maximum atomic E-state index is 11.7. The first-order valence-corrected chi connectivity index (χ1v) is 6.32. The van der Waals surface area contributed by atoms with E-state index < -0.39 is 5.97 Å². The van der Waals surface area contributed by atoms with Crippen molar-refractivity contribution in [3.05, 3.63) is 64.0 Å². The zero-order valence-electron chi connectivity index (χ0n) is 9.37. The van der Waals surface area contributed by atoms with Crippen molar-refractivity contribution in [1.82, 2.24) is 0 Å². The Kier molecular flexibility index (Phi) is 2.78. The standard InChI is InChI=1S/C14H9NO2S/c16-14-12(9-11-7-4-8-18-11)15-13(17-14)10-5-2-1-3-6-10/h1-9H/b12-9-. The van der Waals surface area contributed by atoms with Crippen LogP contribution in [0.4, 0.5) is 0 Å². The number of esters is 1. The molecule has 1 aromatic heterocycles. The van der Waals surface area contributed by atoms with E-state index in [1.165, 1.54) is 0 Å². The van der Waals surface area contributed by atoms with Gasteiger partial charge in [0, 0.05) is 10.4 Å². The van der Waals surface area contributed by atoms with Gasteiger partial charge in [-0.05, 0) is 29.7 Å². The van der Waals surface area contributed by atoms with E-state index in [4.69, 9.17) is 4.74 Å². The maximum Gasteiger partial charge on any atom is 0.363 e. The lowest BCUT2D eigenvalue weighted by Crippen LogP contribution is -2.04. The summed E-state index contributed by atoms with van der Waals surface area (Å²) < 4.78 is 5.16. The van der Waals surface area contributed by atoms with Crippen LogP contribution < -0.4 is 0 Å². The first-order chi connectivity index (χ1) is 8.83. The van der Waals surface area contributed by atoms with Gasteiger partial charge in [0.25, 0.3) is 0 Å². The number of aliphatic imine (C=N–C) groups is 1. The maximum absolute atomic E-state index is 11.7. The van der Waals surface area contributed by atoms with Gasteiger partial charge < -0.3 is 4.74 Å². The van der Waals surface area contributed by atoms with Crippen LogP contribution in [0.25, 0.3) is 6.08 Å². The van der Waals surface area contributed by atoms with Gasteiger partial charge in [0.05, 0.1) is 0 Å². The second-order valence-electron chi connectivity index (χ2n) is 3.72. The molecule has 1 aromatic carbocycles. The molecule has 3 nitrogen and oxygen atoms in total. The SMILES string of the molecule is O=C1OC(c2ccccc2)=N/C1=C\c1cccs1. The summed E-state index contributed by atoms with van der Waals surface area (Å²) in [6, 6.07) is 13.3. The van der Waals surface area contributed by atoms with Crippen LogP contribution in [0.15, 0.2) is 58.5 Å². The fraction of sp³-hybridized carbons (Fsp3) is 0. The Labute approximate surface area is 108 Å². The molecule has 0 bridgehead atoms. The van der Waals surface area contributed by atoms with Crippen molar-refractivity contribution in [3.8, 4) is 0 Å². The predicted octanol–water partition coefficient (Wildman–Crippen LogP) is 3.09. The number of ether oxygens (including phenoxy) is 1. The Morgan fingerprint density at radius 1 is 1.11 bits per heavy atom. The Bertz CT molecular complexity index is 627. The molecule has 2 aromatic rings. The molecule has 0 spiro atoms. The van der Waals surface area contributed by atoms with Crippen LogP contribution >= 0.6 is 11.3 Å². The van der Waals surface area contributed by atoms with Gasteiger partial charge in [-0.2, -0.15) is 0 Å². The molecule has 0 radical (unpaired) electrons. The van der Waals surface area contributed by atoms with Gasteiger partial charge in [0.1, 0.15) is 0 Å². The summed E-state index contributed by atoms with van der Waals surface area (Å²) in [5.41, 5.74) is 1.15. The van der Waals surface area contributed by atoms with Gasteiger partial charge in [-0.15, -0.1) is 11.3 Å². The number of thiophene rings is 1. The third-order valence-corrected chi connectivity index (χ3v) is 3.28. The Morgan fingerprint density at radius 2 is 1.94 bits per heavy atom. The average Bonchev–Trinajstić information content (AvgIpc) is 3.02. The predicted molar refractivity (Wildman–Crippen MR) is 71.4 cm³/mol. The second kappa shape index (κ2) is 4.58. The van der Waals surface area contributed by atoms with Gasteiger partial charge in [0.15, 0.2) is 5.70 Å². The lowest BCUT2D eigenvalue weighted by molar-refractivity contribution is -0.129. The van der Waals surface area contributed by atoms with E-state index in [9.17, 15) is 4.79 Å². The zero-order chi connectivity index (χ0) is 12.4. The van der Waals surface area contributed by atoms with Crippen LogP contribution in [0, 0.1) is 0 Å². The van der Waals surface area contributed by atoms with E-state index in [0.717, 1.165) is 10.4 Å². The summed E-state index contributed by atoms with van der Waals surface area (Å²) in [5, 5.41) is 1.95. The van der Waals surface area contributed by atoms with Crippen LogP contribution in [0.2, 0.25) is 0 Å². The summed E-state index contributed by atoms with van der Waals surface area (Å²) in [4.78, 5) is 16.9. The first kappa shape index (κ1) is 10.9. The second-order valence-corrected chi connectivity index (χ2v) is 4.70. The molecule has 2 heterocycles. The highest BCUT2D eigenvalue weighted by atomic mass is 32.1. The quantitative estimate of drug-likeness (QED) is 0.611. The smallest absolute Gasteiger partial charge is 0.363 e. The Morgan fingerprint density at radius 3 is 2.67 bits per heavy atom. The molecule has 1 aliphatic heterocycles. The molecule has 0 saturated carbocycles. The van der Waals surface area contributed by atoms with E-state index in [0.29, 0.717) is 11.6 Å². The van der Waals surface area contributed by atoms with E-state index in [-0.39, 0.29) is 0 Å². The minimum absolute atomic E-state index is 0.344. The summed E-state index contributed by atoms with van der Waals surface area (Å²) in [5.74, 6) is -0.0364. The van der Waals surface area contributed by atoms with Crippen LogP contribution in [0.5, 0.6) is 0 Å². The lowest BCUT2D eigenvalue weighted by Gasteiger charge is -1.97. The van der Waals surface area contributed by atoms with E-state index >= 15 is 0 Å². The number of benzene rings is 1. The molecule has 0 N–H and O–H groups in total. The zero-order valence-corrected chi connectivity index (χ0v) is 10.2. The highest BCUT2D eigenvalue weighted by Gasteiger charge is 2.23. The molecule has 0 amide bonds. The third kappa shape index (κ3) is 2.10. The van der Waals surface area contributed by atoms with Gasteiger partial charge in [0.2, 0.25) is 5.90 Å². The fourth-order valence-corrected chi connectivity index (χ4v) is 2.27. The average molecular weight is 255 g/mol. The van der Waals surface area contributed by atoms with Crippen molar-refractivity contribution in [2.75, 3.05) is 0 Å². The monoisotopic (exact) mass is 255 g/mol. The molecule has 88 valence electrons. The molecule has 0 atom stereocenters. The first-order valence-electron chi connectivity index (χ1n) is 5.44. The number of carbonyl (C=O) groups excluding carboxylic acids is 1. The molecule has 0 aliphatic carbocycles. The van der Waals surface area contributed by atoms with Crippen LogP contribution in [-0.4, -0.2) is 11.9 Å². The summed E-state index contributed by atoms with van der Waals surface area (Å²) in [6.45, 7) is 0. The number of rotatable bonds is 2. The molecular formula is C14H9NO2S. The Hall–Kier alpha value is -2.20. The topological polar surface area (TPSA) is 38.7 Å². The molecular weight excluding hydrogens is 246 g/mol. The largest absolute Gasteiger partial charge is 0.402 e. The molecule has 0 fully saturated rings. The third-order valence-electron chi connectivity index (χ3n) is 2.46. The molecule has 18 heavy (non-hydrogen) atoms. The molecule has 0 unspecified atom stereocenters. The van der Waals surface area contributed by atoms with E-state index in [1.807, 2.05) is 47.8 Å². The minimum atomic E-state index is -0.401. The van der Waals surface area contributed by atoms with Crippen molar-refractivity contribution in [2.24, 2.45) is 4.99 Å². The van der Waals surface area contributed by atoms with Crippen molar-refractivity contribution < 1.29 is 9.53 Å². The molecule has 4 heteroatoms. The molecule has 1 aliphatic rings. The summed E-state index contributed by atoms with van der Waals surface area (Å²) in [7, 11) is 0. The number of hydrogen-bond acceptors (Lipinski definition) is 4. The highest BCUT2D eigenvalue weighted by Crippen LogP contribution is 2.20. The van der Waals surface area contributed by atoms with Crippen LogP contribution in [0.3, 0.4) is 0 Å². The van der Waals surface area contributed by atoms with Gasteiger partial charge in [-0.25, -0.2) is 9.79 Å². The minimum Gasteiger partial charge on any atom is -0.402 e. The van der Waals surface area contributed by atoms with Crippen molar-refractivity contribution in [1.29, 1.82) is 0 Å².